The van der Waals surface area contributed by atoms with Gasteiger partial charge in [0.25, 0.3) is 10.1 Å². The zero-order valence-electron chi connectivity index (χ0n) is 15.9. The van der Waals surface area contributed by atoms with Gasteiger partial charge in [-0.2, -0.15) is 13.5 Å². The molecule has 7 nitrogen and oxygen atoms in total. The second-order valence-electron chi connectivity index (χ2n) is 6.51. The van der Waals surface area contributed by atoms with Gasteiger partial charge in [0.1, 0.15) is 0 Å². The number of aryl methyl sites for hydroxylation is 2. The van der Waals surface area contributed by atoms with E-state index in [2.05, 4.69) is 57.8 Å². The topological polar surface area (TPSA) is 108 Å². The van der Waals surface area contributed by atoms with Crippen molar-refractivity contribution in [1.29, 1.82) is 0 Å². The third-order valence-electron chi connectivity index (χ3n) is 4.16. The van der Waals surface area contributed by atoms with Crippen LogP contribution in [0.3, 0.4) is 0 Å². The lowest BCUT2D eigenvalue weighted by atomic mass is 10.1. The number of nitrogens with one attached hydrogen (secondary N) is 2. The molecule has 4 rings (SSSR count). The largest absolute Gasteiger partial charge is 0.355 e. The van der Waals surface area contributed by atoms with Gasteiger partial charge in [0.15, 0.2) is 0 Å². The summed E-state index contributed by atoms with van der Waals surface area (Å²) in [5, 5.41) is 13.0. The Kier molecular flexibility index (Phi) is 5.62. The summed E-state index contributed by atoms with van der Waals surface area (Å²) < 4.78 is 25.9. The van der Waals surface area contributed by atoms with E-state index in [1.807, 2.05) is 25.3 Å². The number of pyridine rings is 1. The van der Waals surface area contributed by atoms with Gasteiger partial charge in [0.2, 0.25) is 0 Å². The molecule has 0 fully saturated rings. The van der Waals surface area contributed by atoms with Gasteiger partial charge >= 0.3 is 0 Å². The van der Waals surface area contributed by atoms with Crippen molar-refractivity contribution in [2.45, 2.75) is 20.3 Å². The average Bonchev–Trinajstić information content (AvgIpc) is 3.09. The van der Waals surface area contributed by atoms with Gasteiger partial charge in [-0.05, 0) is 49.2 Å². The van der Waals surface area contributed by atoms with Crippen LogP contribution >= 0.6 is 0 Å². The molecule has 0 aliphatic heterocycles. The molecule has 2 heterocycles. The van der Waals surface area contributed by atoms with E-state index in [1.165, 1.54) is 5.56 Å². The second-order valence-corrected chi connectivity index (χ2v) is 7.98. The summed E-state index contributed by atoms with van der Waals surface area (Å²) in [4.78, 5) is 4.65. The Hall–Kier alpha value is -2.97. The molecule has 146 valence electrons. The Morgan fingerprint density at radius 1 is 1.14 bits per heavy atom. The number of aromatic nitrogens is 3. The number of hydrogen-bond donors (Lipinski definition) is 3. The van der Waals surface area contributed by atoms with Crippen LogP contribution < -0.4 is 5.32 Å². The normalized spacial score (nSPS) is 11.3. The Labute approximate surface area is 163 Å². The molecule has 3 N–H and O–H groups in total. The zero-order chi connectivity index (χ0) is 20.3. The summed E-state index contributed by atoms with van der Waals surface area (Å²) in [7, 11) is -3.67. The van der Waals surface area contributed by atoms with Crippen molar-refractivity contribution < 1.29 is 13.0 Å². The van der Waals surface area contributed by atoms with Gasteiger partial charge in [-0.1, -0.05) is 19.1 Å². The Morgan fingerprint density at radius 3 is 2.46 bits per heavy atom. The van der Waals surface area contributed by atoms with Crippen LogP contribution in [0.15, 0.2) is 48.7 Å². The number of anilines is 2. The molecule has 0 atom stereocenters. The predicted molar refractivity (Wildman–Crippen MR) is 113 cm³/mol. The van der Waals surface area contributed by atoms with Gasteiger partial charge in [0.05, 0.1) is 29.2 Å². The Morgan fingerprint density at radius 2 is 1.82 bits per heavy atom. The van der Waals surface area contributed by atoms with E-state index >= 15 is 0 Å². The van der Waals surface area contributed by atoms with E-state index in [4.69, 9.17) is 4.55 Å². The maximum atomic E-state index is 9.19. The molecule has 0 aliphatic carbocycles. The van der Waals surface area contributed by atoms with Crippen molar-refractivity contribution in [2.24, 2.45) is 0 Å². The molecule has 0 spiro atoms. The van der Waals surface area contributed by atoms with Crippen molar-refractivity contribution in [2.75, 3.05) is 11.6 Å². The van der Waals surface area contributed by atoms with Crippen LogP contribution in [0.25, 0.3) is 21.8 Å². The van der Waals surface area contributed by atoms with Crippen LogP contribution in [-0.2, 0) is 16.5 Å². The Bertz CT molecular complexity index is 1210. The molecule has 2 aromatic carbocycles. The highest BCUT2D eigenvalue weighted by molar-refractivity contribution is 7.85. The van der Waals surface area contributed by atoms with Crippen LogP contribution in [0.1, 0.15) is 18.2 Å². The first-order valence-electron chi connectivity index (χ1n) is 8.76. The maximum Gasteiger partial charge on any atom is 0.261 e. The lowest BCUT2D eigenvalue weighted by Gasteiger charge is -2.12. The van der Waals surface area contributed by atoms with Gasteiger partial charge in [-0.3, -0.25) is 14.6 Å². The summed E-state index contributed by atoms with van der Waals surface area (Å²) >= 11 is 0. The molecule has 0 bridgehead atoms. The molecule has 0 amide bonds. The van der Waals surface area contributed by atoms with Crippen LogP contribution in [-0.4, -0.2) is 34.4 Å². The maximum absolute atomic E-state index is 9.19. The number of hydrogen-bond acceptors (Lipinski definition) is 5. The zero-order valence-corrected chi connectivity index (χ0v) is 16.7. The molecule has 4 aromatic rings. The number of rotatable bonds is 3. The van der Waals surface area contributed by atoms with Crippen LogP contribution in [0.5, 0.6) is 0 Å². The highest BCUT2D eigenvalue weighted by Gasteiger charge is 2.10. The standard InChI is InChI=1S/C19H18N4.CH4O3S/c1-3-13-4-7-15(8-5-13)22-17-10-12(2)21-16-9-6-14-11-20-23-19(14)18(16)17;1-5(2,3)4/h4-11H,3H2,1-2H3,(H,20,23)(H,21,22);1H3,(H,2,3,4). The van der Waals surface area contributed by atoms with Crippen molar-refractivity contribution in [3.05, 3.63) is 59.9 Å². The summed E-state index contributed by atoms with van der Waals surface area (Å²) in [6.07, 6.45) is 3.60. The molecule has 0 radical (unpaired) electrons. The van der Waals surface area contributed by atoms with Crippen molar-refractivity contribution in [3.8, 4) is 0 Å². The second kappa shape index (κ2) is 7.95. The van der Waals surface area contributed by atoms with Gasteiger partial charge in [0, 0.05) is 22.2 Å². The van der Waals surface area contributed by atoms with E-state index in [1.54, 1.807) is 0 Å². The first-order valence-corrected chi connectivity index (χ1v) is 10.6. The quantitative estimate of drug-likeness (QED) is 0.446. The fourth-order valence-electron chi connectivity index (χ4n) is 2.95. The highest BCUT2D eigenvalue weighted by Crippen LogP contribution is 2.31. The summed E-state index contributed by atoms with van der Waals surface area (Å²) in [5.74, 6) is 0. The van der Waals surface area contributed by atoms with E-state index < -0.39 is 10.1 Å². The van der Waals surface area contributed by atoms with Gasteiger partial charge in [-0.25, -0.2) is 0 Å². The minimum atomic E-state index is -3.67. The summed E-state index contributed by atoms with van der Waals surface area (Å²) in [6, 6.07) is 14.7. The third-order valence-corrected chi connectivity index (χ3v) is 4.16. The highest BCUT2D eigenvalue weighted by atomic mass is 32.2. The first-order chi connectivity index (χ1) is 13.2. The van der Waals surface area contributed by atoms with E-state index in [0.29, 0.717) is 6.26 Å². The average molecular weight is 398 g/mol. The monoisotopic (exact) mass is 398 g/mol. The predicted octanol–water partition coefficient (Wildman–Crippen LogP) is 4.23. The minimum absolute atomic E-state index is 0.715. The molecule has 0 unspecified atom stereocenters. The fraction of sp³-hybridized carbons (Fsp3) is 0.200. The van der Waals surface area contributed by atoms with Crippen LogP contribution in [0.4, 0.5) is 11.4 Å². The molecule has 2 aromatic heterocycles. The molecular formula is C20H22N4O3S. The van der Waals surface area contributed by atoms with Crippen molar-refractivity contribution in [3.63, 3.8) is 0 Å². The number of aromatic amines is 1. The molecule has 8 heteroatoms. The smallest absolute Gasteiger partial charge is 0.261 e. The van der Waals surface area contributed by atoms with Gasteiger partial charge < -0.3 is 5.32 Å². The van der Waals surface area contributed by atoms with Gasteiger partial charge in [-0.15, -0.1) is 0 Å². The first kappa shape index (κ1) is 19.8. The molecule has 28 heavy (non-hydrogen) atoms. The Balaban J connectivity index is 0.000000403. The van der Waals surface area contributed by atoms with Crippen molar-refractivity contribution in [1.82, 2.24) is 15.2 Å². The van der Waals surface area contributed by atoms with Crippen LogP contribution in [0, 0.1) is 6.92 Å². The molecule has 0 saturated carbocycles. The summed E-state index contributed by atoms with van der Waals surface area (Å²) in [6.45, 7) is 4.18. The van der Waals surface area contributed by atoms with Crippen LogP contribution in [0.2, 0.25) is 0 Å². The lowest BCUT2D eigenvalue weighted by molar-refractivity contribution is 0.490. The number of benzene rings is 2. The summed E-state index contributed by atoms with van der Waals surface area (Å²) in [5.41, 5.74) is 6.43. The lowest BCUT2D eigenvalue weighted by Crippen LogP contribution is -1.95. The fourth-order valence-corrected chi connectivity index (χ4v) is 2.95. The van der Waals surface area contributed by atoms with E-state index in [0.717, 1.165) is 45.3 Å². The van der Waals surface area contributed by atoms with E-state index in [-0.39, 0.29) is 0 Å². The van der Waals surface area contributed by atoms with Crippen molar-refractivity contribution >= 4 is 43.3 Å². The SMILES string of the molecule is CCc1ccc(Nc2cc(C)nc3ccc4cn[nH]c4c23)cc1.CS(=O)(=O)O. The third kappa shape index (κ3) is 4.85. The molecule has 0 saturated heterocycles. The number of fused-ring (bicyclic) bond motifs is 3. The van der Waals surface area contributed by atoms with E-state index in [9.17, 15) is 8.42 Å². The number of H-pyrrole nitrogens is 1. The molecule has 0 aliphatic rings. The number of nitrogens with zero attached hydrogens (tertiary/aromatic N) is 2. The minimum Gasteiger partial charge on any atom is -0.355 e. The molecular weight excluding hydrogens is 376 g/mol.